The molecule has 1 aliphatic heterocycles. The zero-order valence-electron chi connectivity index (χ0n) is 9.93. The van der Waals surface area contributed by atoms with Crippen LogP contribution in [0.4, 0.5) is 0 Å². The Morgan fingerprint density at radius 3 is 2.78 bits per heavy atom. The maximum atomic E-state index is 11.1. The van der Waals surface area contributed by atoms with E-state index in [1.54, 1.807) is 6.07 Å². The minimum atomic E-state index is -0.0630. The largest absolute Gasteiger partial charge is 0.458 e. The first kappa shape index (κ1) is 10.9. The van der Waals surface area contributed by atoms with E-state index in [0.717, 1.165) is 22.8 Å². The van der Waals surface area contributed by atoms with Gasteiger partial charge in [-0.25, -0.2) is 0 Å². The van der Waals surface area contributed by atoms with Crippen LogP contribution in [0.1, 0.15) is 28.8 Å². The number of ether oxygens (including phenoxy) is 2. The molecule has 0 N–H and O–H groups in total. The highest BCUT2D eigenvalue weighted by Gasteiger charge is 2.14. The van der Waals surface area contributed by atoms with Gasteiger partial charge in [0, 0.05) is 13.3 Å². The van der Waals surface area contributed by atoms with Crippen LogP contribution in [0.25, 0.3) is 0 Å². The number of benzene rings is 1. The van der Waals surface area contributed by atoms with Crippen molar-refractivity contribution in [3.8, 4) is 11.5 Å². The van der Waals surface area contributed by atoms with E-state index in [1.807, 2.05) is 24.3 Å². The van der Waals surface area contributed by atoms with E-state index in [1.165, 1.54) is 6.92 Å². The number of furan rings is 1. The molecule has 1 aromatic carbocycles. The lowest BCUT2D eigenvalue weighted by Gasteiger charge is -2.00. The molecule has 0 unspecified atom stereocenters. The summed E-state index contributed by atoms with van der Waals surface area (Å²) in [5.74, 6) is 2.62. The standard InChI is InChI=1S/C14H12O4/c1-9(15)12-5-3-11(18-12)6-10-2-4-13-14(7-10)17-8-16-13/h2-5,7H,6,8H2,1H3. The van der Waals surface area contributed by atoms with Crippen LogP contribution in [0.2, 0.25) is 0 Å². The lowest BCUT2D eigenvalue weighted by Crippen LogP contribution is -1.93. The highest BCUT2D eigenvalue weighted by atomic mass is 16.7. The summed E-state index contributed by atoms with van der Waals surface area (Å²) < 4.78 is 16.0. The van der Waals surface area contributed by atoms with E-state index in [-0.39, 0.29) is 12.6 Å². The topological polar surface area (TPSA) is 48.7 Å². The molecule has 0 saturated carbocycles. The van der Waals surface area contributed by atoms with Crippen LogP contribution in [-0.2, 0) is 6.42 Å². The molecule has 0 spiro atoms. The fourth-order valence-corrected chi connectivity index (χ4v) is 1.91. The third kappa shape index (κ3) is 1.97. The van der Waals surface area contributed by atoms with Gasteiger partial charge in [0.25, 0.3) is 0 Å². The van der Waals surface area contributed by atoms with Gasteiger partial charge in [-0.3, -0.25) is 4.79 Å². The van der Waals surface area contributed by atoms with Crippen LogP contribution < -0.4 is 9.47 Å². The van der Waals surface area contributed by atoms with Crippen molar-refractivity contribution in [1.82, 2.24) is 0 Å². The Balaban J connectivity index is 1.81. The SMILES string of the molecule is CC(=O)c1ccc(Cc2ccc3c(c2)OCO3)o1. The Morgan fingerprint density at radius 1 is 1.17 bits per heavy atom. The Hall–Kier alpha value is -2.23. The minimum Gasteiger partial charge on any atom is -0.458 e. The molecule has 3 rings (SSSR count). The first-order chi connectivity index (χ1) is 8.72. The van der Waals surface area contributed by atoms with Crippen LogP contribution in [0.15, 0.2) is 34.7 Å². The third-order valence-electron chi connectivity index (χ3n) is 2.82. The Labute approximate surface area is 104 Å². The van der Waals surface area contributed by atoms with Crippen LogP contribution in [0, 0.1) is 0 Å². The maximum Gasteiger partial charge on any atom is 0.231 e. The third-order valence-corrected chi connectivity index (χ3v) is 2.82. The van der Waals surface area contributed by atoms with Gasteiger partial charge in [0.2, 0.25) is 6.79 Å². The molecule has 1 aromatic heterocycles. The van der Waals surface area contributed by atoms with Crippen molar-refractivity contribution in [3.63, 3.8) is 0 Å². The molecule has 2 aromatic rings. The fraction of sp³-hybridized carbons (Fsp3) is 0.214. The molecule has 0 amide bonds. The Morgan fingerprint density at radius 2 is 2.00 bits per heavy atom. The minimum absolute atomic E-state index is 0.0630. The summed E-state index contributed by atoms with van der Waals surface area (Å²) in [4.78, 5) is 11.1. The quantitative estimate of drug-likeness (QED) is 0.779. The van der Waals surface area contributed by atoms with Crippen molar-refractivity contribution in [2.45, 2.75) is 13.3 Å². The predicted molar refractivity (Wildman–Crippen MR) is 64.1 cm³/mol. The van der Waals surface area contributed by atoms with Crippen molar-refractivity contribution in [2.24, 2.45) is 0 Å². The normalized spacial score (nSPS) is 12.7. The van der Waals surface area contributed by atoms with Gasteiger partial charge in [-0.1, -0.05) is 6.07 Å². The predicted octanol–water partition coefficient (Wildman–Crippen LogP) is 2.80. The number of hydrogen-bond acceptors (Lipinski definition) is 4. The molecule has 4 heteroatoms. The van der Waals surface area contributed by atoms with Crippen molar-refractivity contribution < 1.29 is 18.7 Å². The Kier molecular flexibility index (Phi) is 2.55. The molecule has 4 nitrogen and oxygen atoms in total. The monoisotopic (exact) mass is 244 g/mol. The van der Waals surface area contributed by atoms with Gasteiger partial charge < -0.3 is 13.9 Å². The number of ketones is 1. The first-order valence-electron chi connectivity index (χ1n) is 5.70. The van der Waals surface area contributed by atoms with Crippen molar-refractivity contribution >= 4 is 5.78 Å². The Bertz CT molecular complexity index is 598. The molecule has 0 fully saturated rings. The molecule has 0 radical (unpaired) electrons. The summed E-state index contributed by atoms with van der Waals surface area (Å²) in [6, 6.07) is 9.29. The molecular formula is C14H12O4. The molecule has 92 valence electrons. The number of carbonyl (C=O) groups excluding carboxylic acids is 1. The van der Waals surface area contributed by atoms with Crippen LogP contribution in [0.5, 0.6) is 11.5 Å². The van der Waals surface area contributed by atoms with Gasteiger partial charge in [0.1, 0.15) is 5.76 Å². The summed E-state index contributed by atoms with van der Waals surface area (Å²) in [5.41, 5.74) is 1.06. The second kappa shape index (κ2) is 4.22. The van der Waals surface area contributed by atoms with E-state index in [4.69, 9.17) is 13.9 Å². The lowest BCUT2D eigenvalue weighted by atomic mass is 10.1. The number of Topliss-reactive ketones (excluding diaryl/α,β-unsaturated/α-hetero) is 1. The van der Waals surface area contributed by atoms with Gasteiger partial charge in [0.05, 0.1) is 0 Å². The average molecular weight is 244 g/mol. The molecular weight excluding hydrogens is 232 g/mol. The number of hydrogen-bond donors (Lipinski definition) is 0. The smallest absolute Gasteiger partial charge is 0.231 e. The molecule has 0 saturated heterocycles. The lowest BCUT2D eigenvalue weighted by molar-refractivity contribution is 0.0985. The van der Waals surface area contributed by atoms with Crippen molar-refractivity contribution in [2.75, 3.05) is 6.79 Å². The zero-order chi connectivity index (χ0) is 12.5. The molecule has 1 aliphatic rings. The van der Waals surface area contributed by atoms with Gasteiger partial charge in [-0.05, 0) is 29.8 Å². The second-order valence-corrected chi connectivity index (χ2v) is 4.19. The summed E-state index contributed by atoms with van der Waals surface area (Å²) in [5, 5.41) is 0. The molecule has 0 atom stereocenters. The van der Waals surface area contributed by atoms with E-state index in [9.17, 15) is 4.79 Å². The van der Waals surface area contributed by atoms with Crippen molar-refractivity contribution in [3.05, 3.63) is 47.4 Å². The van der Waals surface area contributed by atoms with Gasteiger partial charge in [0.15, 0.2) is 23.0 Å². The van der Waals surface area contributed by atoms with Crippen LogP contribution in [0.3, 0.4) is 0 Å². The molecule has 18 heavy (non-hydrogen) atoms. The molecule has 0 bridgehead atoms. The average Bonchev–Trinajstić information content (AvgIpc) is 2.96. The first-order valence-corrected chi connectivity index (χ1v) is 5.70. The van der Waals surface area contributed by atoms with Gasteiger partial charge >= 0.3 is 0 Å². The number of rotatable bonds is 3. The summed E-state index contributed by atoms with van der Waals surface area (Å²) in [7, 11) is 0. The summed E-state index contributed by atoms with van der Waals surface area (Å²) in [6.45, 7) is 1.76. The fourth-order valence-electron chi connectivity index (χ4n) is 1.91. The highest BCUT2D eigenvalue weighted by molar-refractivity contribution is 5.91. The molecule has 0 aliphatic carbocycles. The highest BCUT2D eigenvalue weighted by Crippen LogP contribution is 2.33. The van der Waals surface area contributed by atoms with Crippen LogP contribution >= 0.6 is 0 Å². The van der Waals surface area contributed by atoms with Crippen molar-refractivity contribution in [1.29, 1.82) is 0 Å². The van der Waals surface area contributed by atoms with E-state index >= 15 is 0 Å². The van der Waals surface area contributed by atoms with Gasteiger partial charge in [-0.15, -0.1) is 0 Å². The van der Waals surface area contributed by atoms with E-state index < -0.39 is 0 Å². The number of carbonyl (C=O) groups is 1. The summed E-state index contributed by atoms with van der Waals surface area (Å²) in [6.07, 6.45) is 0.629. The molecule has 2 heterocycles. The maximum absolute atomic E-state index is 11.1. The van der Waals surface area contributed by atoms with Gasteiger partial charge in [-0.2, -0.15) is 0 Å². The zero-order valence-corrected chi connectivity index (χ0v) is 9.93. The summed E-state index contributed by atoms with van der Waals surface area (Å²) >= 11 is 0. The van der Waals surface area contributed by atoms with Crippen LogP contribution in [-0.4, -0.2) is 12.6 Å². The van der Waals surface area contributed by atoms with E-state index in [0.29, 0.717) is 12.2 Å². The number of fused-ring (bicyclic) bond motifs is 1. The van der Waals surface area contributed by atoms with E-state index in [2.05, 4.69) is 0 Å². The second-order valence-electron chi connectivity index (χ2n) is 4.19.